The Hall–Kier alpha value is -2.90. The molecule has 1 fully saturated rings. The van der Waals surface area contributed by atoms with Gasteiger partial charge in [0.05, 0.1) is 6.54 Å². The number of carbonyl (C=O) groups is 3. The summed E-state index contributed by atoms with van der Waals surface area (Å²) in [4.78, 5) is 41.4. The lowest BCUT2D eigenvalue weighted by Gasteiger charge is -2.38. The van der Waals surface area contributed by atoms with Crippen molar-refractivity contribution in [2.75, 3.05) is 32.1 Å². The molecule has 1 aliphatic heterocycles. The van der Waals surface area contributed by atoms with Gasteiger partial charge in [0.1, 0.15) is 11.9 Å². The number of nitrogens with one attached hydrogen (secondary N) is 1. The van der Waals surface area contributed by atoms with Crippen LogP contribution in [-0.4, -0.2) is 59.6 Å². The number of carbonyl (C=O) groups excluding carboxylic acids is 3. The van der Waals surface area contributed by atoms with Crippen molar-refractivity contribution >= 4 is 50.7 Å². The predicted octanol–water partition coefficient (Wildman–Crippen LogP) is 3.21. The Bertz CT molecular complexity index is 1120. The third-order valence-electron chi connectivity index (χ3n) is 5.65. The van der Waals surface area contributed by atoms with E-state index < -0.39 is 6.04 Å². The predicted molar refractivity (Wildman–Crippen MR) is 127 cm³/mol. The van der Waals surface area contributed by atoms with Gasteiger partial charge in [0.2, 0.25) is 17.7 Å². The maximum Gasteiger partial charge on any atom is 0.247 e. The lowest BCUT2D eigenvalue weighted by Crippen LogP contribution is -2.55. The van der Waals surface area contributed by atoms with Crippen molar-refractivity contribution in [3.05, 3.63) is 71.1 Å². The number of piperazine rings is 1. The Morgan fingerprint density at radius 3 is 2.56 bits per heavy atom. The average Bonchev–Trinajstić information content (AvgIpc) is 3.24. The molecule has 32 heavy (non-hydrogen) atoms. The van der Waals surface area contributed by atoms with Crippen molar-refractivity contribution in [3.8, 4) is 0 Å². The molecule has 1 atom stereocenters. The largest absolute Gasteiger partial charge is 0.354 e. The number of halogens is 1. The number of fused-ring (bicyclic) bond motifs is 1. The summed E-state index contributed by atoms with van der Waals surface area (Å²) in [6, 6.07) is 17.1. The maximum atomic E-state index is 13.4. The molecule has 0 spiro atoms. The fourth-order valence-electron chi connectivity index (χ4n) is 3.99. The zero-order valence-electron chi connectivity index (χ0n) is 17.5. The quantitative estimate of drug-likeness (QED) is 0.540. The fraction of sp³-hybridized carbons (Fsp3) is 0.292. The smallest absolute Gasteiger partial charge is 0.247 e. The van der Waals surface area contributed by atoms with Crippen molar-refractivity contribution in [2.24, 2.45) is 0 Å². The van der Waals surface area contributed by atoms with Gasteiger partial charge in [-0.15, -0.1) is 22.9 Å². The van der Waals surface area contributed by atoms with Gasteiger partial charge in [-0.2, -0.15) is 0 Å². The van der Waals surface area contributed by atoms with Gasteiger partial charge >= 0.3 is 0 Å². The summed E-state index contributed by atoms with van der Waals surface area (Å²) in [6.45, 7) is 1.04. The number of nitrogens with zero attached hydrogens (tertiary/aromatic N) is 2. The first-order valence-corrected chi connectivity index (χ1v) is 11.9. The molecule has 166 valence electrons. The van der Waals surface area contributed by atoms with Gasteiger partial charge in [-0.3, -0.25) is 14.4 Å². The molecule has 0 saturated carbocycles. The third-order valence-corrected chi connectivity index (χ3v) is 6.86. The van der Waals surface area contributed by atoms with Crippen LogP contribution in [0.15, 0.2) is 60.0 Å². The zero-order chi connectivity index (χ0) is 22.5. The molecule has 6 nitrogen and oxygen atoms in total. The van der Waals surface area contributed by atoms with E-state index in [0.717, 1.165) is 21.2 Å². The zero-order valence-corrected chi connectivity index (χ0v) is 19.1. The lowest BCUT2D eigenvalue weighted by atomic mass is 10.0. The van der Waals surface area contributed by atoms with Gasteiger partial charge in [-0.1, -0.05) is 48.5 Å². The Labute approximate surface area is 195 Å². The Kier molecular flexibility index (Phi) is 7.07. The molecule has 3 amide bonds. The monoisotopic (exact) mass is 469 g/mol. The van der Waals surface area contributed by atoms with Crippen molar-refractivity contribution in [1.29, 1.82) is 0 Å². The van der Waals surface area contributed by atoms with Gasteiger partial charge in [0.25, 0.3) is 0 Å². The summed E-state index contributed by atoms with van der Waals surface area (Å²) < 4.78 is 1.06. The van der Waals surface area contributed by atoms with Crippen LogP contribution in [0.4, 0.5) is 0 Å². The number of hydrogen-bond acceptors (Lipinski definition) is 4. The summed E-state index contributed by atoms with van der Waals surface area (Å²) in [7, 11) is 0. The Morgan fingerprint density at radius 1 is 1.06 bits per heavy atom. The number of alkyl halides is 1. The van der Waals surface area contributed by atoms with Gasteiger partial charge in [-0.05, 0) is 28.8 Å². The highest BCUT2D eigenvalue weighted by Gasteiger charge is 2.37. The molecular formula is C24H24ClN3O3S. The number of hydrogen-bond donors (Lipinski definition) is 1. The summed E-state index contributed by atoms with van der Waals surface area (Å²) in [6.07, 6.45) is 0.704. The highest BCUT2D eigenvalue weighted by Crippen LogP contribution is 2.34. The van der Waals surface area contributed by atoms with Crippen molar-refractivity contribution in [3.63, 3.8) is 0 Å². The van der Waals surface area contributed by atoms with Crippen LogP contribution in [0.25, 0.3) is 10.1 Å². The minimum atomic E-state index is -0.748. The topological polar surface area (TPSA) is 69.7 Å². The third kappa shape index (κ3) is 4.79. The molecule has 1 aliphatic rings. The normalized spacial score (nSPS) is 15.1. The van der Waals surface area contributed by atoms with Crippen LogP contribution in [0.3, 0.4) is 0 Å². The van der Waals surface area contributed by atoms with E-state index in [9.17, 15) is 14.4 Å². The fourth-order valence-corrected chi connectivity index (χ4v) is 5.14. The molecule has 1 aromatic heterocycles. The first-order chi connectivity index (χ1) is 15.6. The molecule has 3 aromatic rings. The second-order valence-electron chi connectivity index (χ2n) is 7.65. The van der Waals surface area contributed by atoms with Crippen molar-refractivity contribution < 1.29 is 14.4 Å². The summed E-state index contributed by atoms with van der Waals surface area (Å²) >= 11 is 7.21. The lowest BCUT2D eigenvalue weighted by molar-refractivity contribution is -0.149. The van der Waals surface area contributed by atoms with Gasteiger partial charge in [0.15, 0.2) is 0 Å². The van der Waals surface area contributed by atoms with E-state index in [1.54, 1.807) is 16.2 Å². The number of rotatable bonds is 7. The SMILES string of the molecule is O=C(NCCc1ccccc1)C(c1csc2ccccc12)N1CCN(C(=O)CCl)CC1=O. The molecule has 8 heteroatoms. The van der Waals surface area contributed by atoms with Crippen LogP contribution in [-0.2, 0) is 20.8 Å². The second kappa shape index (κ2) is 10.1. The van der Waals surface area contributed by atoms with Crippen LogP contribution in [0, 0.1) is 0 Å². The van der Waals surface area contributed by atoms with Gasteiger partial charge in [0, 0.05) is 29.9 Å². The first kappa shape index (κ1) is 22.3. The molecular weight excluding hydrogens is 446 g/mol. The highest BCUT2D eigenvalue weighted by atomic mass is 35.5. The molecule has 0 radical (unpaired) electrons. The molecule has 1 N–H and O–H groups in total. The molecule has 1 saturated heterocycles. The van der Waals surface area contributed by atoms with E-state index >= 15 is 0 Å². The highest BCUT2D eigenvalue weighted by molar-refractivity contribution is 7.17. The van der Waals surface area contributed by atoms with Crippen LogP contribution in [0.2, 0.25) is 0 Å². The van der Waals surface area contributed by atoms with Crippen LogP contribution in [0.1, 0.15) is 17.2 Å². The van der Waals surface area contributed by atoms with E-state index in [0.29, 0.717) is 19.5 Å². The van der Waals surface area contributed by atoms with Crippen LogP contribution >= 0.6 is 22.9 Å². The summed E-state index contributed by atoms with van der Waals surface area (Å²) in [5.74, 6) is -0.904. The van der Waals surface area contributed by atoms with Crippen molar-refractivity contribution in [1.82, 2.24) is 15.1 Å². The summed E-state index contributed by atoms with van der Waals surface area (Å²) in [5, 5.41) is 5.94. The second-order valence-corrected chi connectivity index (χ2v) is 8.83. The molecule has 2 aromatic carbocycles. The molecule has 0 aliphatic carbocycles. The molecule has 0 bridgehead atoms. The summed E-state index contributed by atoms with van der Waals surface area (Å²) in [5.41, 5.74) is 1.95. The van der Waals surface area contributed by atoms with Crippen LogP contribution in [0.5, 0.6) is 0 Å². The van der Waals surface area contributed by atoms with Gasteiger partial charge in [-0.25, -0.2) is 0 Å². The molecule has 1 unspecified atom stereocenters. The number of amides is 3. The Balaban J connectivity index is 1.56. The van der Waals surface area contributed by atoms with E-state index in [1.807, 2.05) is 60.0 Å². The minimum Gasteiger partial charge on any atom is -0.354 e. The maximum absolute atomic E-state index is 13.4. The Morgan fingerprint density at radius 2 is 1.81 bits per heavy atom. The standard InChI is InChI=1S/C24H24ClN3O3S/c25-14-21(29)27-12-13-28(22(30)15-27)23(19-16-32-20-9-5-4-8-18(19)20)24(31)26-11-10-17-6-2-1-3-7-17/h1-9,16,23H,10-15H2,(H,26,31). The van der Waals surface area contributed by atoms with E-state index in [2.05, 4.69) is 5.32 Å². The van der Waals surface area contributed by atoms with Crippen molar-refractivity contribution in [2.45, 2.75) is 12.5 Å². The number of benzene rings is 2. The first-order valence-electron chi connectivity index (χ1n) is 10.5. The van der Waals surface area contributed by atoms with E-state index in [4.69, 9.17) is 11.6 Å². The average molecular weight is 470 g/mol. The number of thiophene rings is 1. The van der Waals surface area contributed by atoms with E-state index in [1.165, 1.54) is 4.90 Å². The van der Waals surface area contributed by atoms with E-state index in [-0.39, 0.29) is 36.7 Å². The van der Waals surface area contributed by atoms with Crippen LogP contribution < -0.4 is 5.32 Å². The van der Waals surface area contributed by atoms with Gasteiger partial charge < -0.3 is 15.1 Å². The molecule has 4 rings (SSSR count). The molecule has 2 heterocycles. The minimum absolute atomic E-state index is 0.0680.